The summed E-state index contributed by atoms with van der Waals surface area (Å²) < 4.78 is 11.3. The molecule has 11 heavy (non-hydrogen) atoms. The lowest BCUT2D eigenvalue weighted by molar-refractivity contribution is 0.685. The number of aromatic nitrogens is 2. The van der Waals surface area contributed by atoms with Gasteiger partial charge in [0, 0.05) is 6.26 Å². The van der Waals surface area contributed by atoms with Crippen molar-refractivity contribution in [1.82, 2.24) is 10.2 Å². The van der Waals surface area contributed by atoms with E-state index in [2.05, 4.69) is 10.2 Å². The highest BCUT2D eigenvalue weighted by Crippen LogP contribution is 2.27. The van der Waals surface area contributed by atoms with Gasteiger partial charge in [-0.3, -0.25) is 4.21 Å². The Hall–Kier alpha value is 0.290. The molecule has 0 radical (unpaired) electrons. The van der Waals surface area contributed by atoms with Gasteiger partial charge in [-0.25, -0.2) is 0 Å². The first-order valence-electron chi connectivity index (χ1n) is 2.56. The van der Waals surface area contributed by atoms with Crippen LogP contribution in [-0.4, -0.2) is 20.7 Å². The van der Waals surface area contributed by atoms with Gasteiger partial charge in [0.15, 0.2) is 9.84 Å². The maximum Gasteiger partial charge on any atom is 0.204 e. The Bertz CT molecular complexity index is 275. The van der Waals surface area contributed by atoms with Crippen LogP contribution in [0.2, 0.25) is 0 Å². The first-order valence-corrected chi connectivity index (χ1v) is 5.81. The van der Waals surface area contributed by atoms with Gasteiger partial charge in [0.05, 0.1) is 10.8 Å². The predicted molar refractivity (Wildman–Crippen MR) is 46.7 cm³/mol. The molecule has 1 atom stereocenters. The van der Waals surface area contributed by atoms with E-state index in [-0.39, 0.29) is 0 Å². The number of alkyl halides is 2. The zero-order valence-electron chi connectivity index (χ0n) is 5.45. The Balaban J connectivity index is 2.90. The van der Waals surface area contributed by atoms with Crippen LogP contribution < -0.4 is 0 Å². The van der Waals surface area contributed by atoms with E-state index in [1.807, 2.05) is 0 Å². The molecule has 0 aliphatic carbocycles. The van der Waals surface area contributed by atoms with Crippen molar-refractivity contribution in [2.45, 2.75) is 9.18 Å². The third-order valence-electron chi connectivity index (χ3n) is 0.855. The second-order valence-electron chi connectivity index (χ2n) is 1.66. The molecule has 62 valence electrons. The maximum atomic E-state index is 10.8. The van der Waals surface area contributed by atoms with Crippen molar-refractivity contribution in [3.05, 3.63) is 5.01 Å². The van der Waals surface area contributed by atoms with Crippen molar-refractivity contribution in [2.24, 2.45) is 0 Å². The van der Waals surface area contributed by atoms with Gasteiger partial charge in [0.25, 0.3) is 0 Å². The molecular formula is C4H4Cl2N2OS2. The van der Waals surface area contributed by atoms with E-state index in [9.17, 15) is 4.21 Å². The van der Waals surface area contributed by atoms with Crippen LogP contribution in [0.4, 0.5) is 0 Å². The minimum absolute atomic E-state index is 0.450. The molecule has 0 fully saturated rings. The van der Waals surface area contributed by atoms with Crippen molar-refractivity contribution in [3.63, 3.8) is 0 Å². The number of rotatable bonds is 2. The summed E-state index contributed by atoms with van der Waals surface area (Å²) in [6.45, 7) is 0. The third kappa shape index (κ3) is 2.37. The van der Waals surface area contributed by atoms with Crippen LogP contribution in [0, 0.1) is 0 Å². The van der Waals surface area contributed by atoms with Crippen molar-refractivity contribution < 1.29 is 4.21 Å². The molecule has 0 spiro atoms. The summed E-state index contributed by atoms with van der Waals surface area (Å²) in [5, 5.41) is 7.77. The Kier molecular flexibility index (Phi) is 3.24. The lowest BCUT2D eigenvalue weighted by atomic mass is 10.8. The number of hydrogen-bond donors (Lipinski definition) is 0. The SMILES string of the molecule is CS(=O)c1nnc(C(Cl)Cl)s1. The summed E-state index contributed by atoms with van der Waals surface area (Å²) in [5.41, 5.74) is 0. The highest BCUT2D eigenvalue weighted by atomic mass is 35.5. The van der Waals surface area contributed by atoms with Gasteiger partial charge in [-0.2, -0.15) is 0 Å². The second-order valence-corrected chi connectivity index (χ2v) is 5.32. The molecule has 0 aliphatic heterocycles. The fraction of sp³-hybridized carbons (Fsp3) is 0.500. The summed E-state index contributed by atoms with van der Waals surface area (Å²) in [4.78, 5) is -0.676. The molecule has 0 amide bonds. The zero-order valence-corrected chi connectivity index (χ0v) is 8.60. The minimum atomic E-state index is -1.10. The molecule has 0 saturated heterocycles. The molecule has 0 saturated carbocycles. The van der Waals surface area contributed by atoms with Gasteiger partial charge in [-0.1, -0.05) is 34.5 Å². The van der Waals surface area contributed by atoms with Gasteiger partial charge < -0.3 is 0 Å². The summed E-state index contributed by atoms with van der Waals surface area (Å²) in [7, 11) is -1.10. The van der Waals surface area contributed by atoms with Crippen LogP contribution in [0.25, 0.3) is 0 Å². The summed E-state index contributed by atoms with van der Waals surface area (Å²) >= 11 is 12.2. The van der Waals surface area contributed by atoms with Crippen LogP contribution in [0.1, 0.15) is 9.84 Å². The first-order chi connectivity index (χ1) is 5.11. The molecule has 1 aromatic heterocycles. The molecule has 1 aromatic rings. The van der Waals surface area contributed by atoms with Gasteiger partial charge >= 0.3 is 0 Å². The van der Waals surface area contributed by atoms with Crippen LogP contribution in [0.15, 0.2) is 4.34 Å². The lowest BCUT2D eigenvalue weighted by Crippen LogP contribution is -1.84. The molecule has 0 aliphatic rings. The van der Waals surface area contributed by atoms with Crippen molar-refractivity contribution in [1.29, 1.82) is 0 Å². The largest absolute Gasteiger partial charge is 0.252 e. The fourth-order valence-electron chi connectivity index (χ4n) is 0.425. The number of halogens is 2. The monoisotopic (exact) mass is 230 g/mol. The molecule has 1 heterocycles. The number of nitrogens with zero attached hydrogens (tertiary/aromatic N) is 2. The average Bonchev–Trinajstić information content (AvgIpc) is 2.33. The van der Waals surface area contributed by atoms with E-state index < -0.39 is 15.6 Å². The highest BCUT2D eigenvalue weighted by Gasteiger charge is 2.12. The fourth-order valence-corrected chi connectivity index (χ4v) is 2.09. The van der Waals surface area contributed by atoms with E-state index in [4.69, 9.17) is 23.2 Å². The quantitative estimate of drug-likeness (QED) is 0.728. The minimum Gasteiger partial charge on any atom is -0.252 e. The Morgan fingerprint density at radius 1 is 1.55 bits per heavy atom. The molecule has 7 heteroatoms. The summed E-state index contributed by atoms with van der Waals surface area (Å²) in [6.07, 6.45) is 1.53. The molecule has 3 nitrogen and oxygen atoms in total. The van der Waals surface area contributed by atoms with E-state index >= 15 is 0 Å². The van der Waals surface area contributed by atoms with E-state index in [1.54, 1.807) is 0 Å². The smallest absolute Gasteiger partial charge is 0.204 e. The molecule has 0 bridgehead atoms. The van der Waals surface area contributed by atoms with E-state index in [0.717, 1.165) is 11.3 Å². The molecule has 1 unspecified atom stereocenters. The van der Waals surface area contributed by atoms with Crippen molar-refractivity contribution in [3.8, 4) is 0 Å². The van der Waals surface area contributed by atoms with Crippen LogP contribution >= 0.6 is 34.5 Å². The van der Waals surface area contributed by atoms with Crippen LogP contribution in [-0.2, 0) is 10.8 Å². The van der Waals surface area contributed by atoms with Gasteiger partial charge in [0.1, 0.15) is 0 Å². The average molecular weight is 231 g/mol. The van der Waals surface area contributed by atoms with Crippen molar-refractivity contribution >= 4 is 45.3 Å². The standard InChI is InChI=1S/C4H4Cl2N2OS2/c1-11(9)4-8-7-3(10-4)2(5)6/h2H,1H3. The second kappa shape index (κ2) is 3.80. The topological polar surface area (TPSA) is 42.9 Å². The Morgan fingerprint density at radius 3 is 2.45 bits per heavy atom. The Labute approximate surface area is 80.2 Å². The van der Waals surface area contributed by atoms with Gasteiger partial charge in [-0.15, -0.1) is 10.2 Å². The number of hydrogen-bond acceptors (Lipinski definition) is 4. The summed E-state index contributed by atoms with van der Waals surface area (Å²) in [5.74, 6) is 0. The molecular weight excluding hydrogens is 227 g/mol. The van der Waals surface area contributed by atoms with Crippen molar-refractivity contribution in [2.75, 3.05) is 6.26 Å². The van der Waals surface area contributed by atoms with Gasteiger partial charge in [-0.05, 0) is 0 Å². The zero-order chi connectivity index (χ0) is 8.43. The molecule has 0 aromatic carbocycles. The predicted octanol–water partition coefficient (Wildman–Crippen LogP) is 1.75. The Morgan fingerprint density at radius 2 is 2.18 bits per heavy atom. The normalized spacial score (nSPS) is 13.8. The molecule has 0 N–H and O–H groups in total. The third-order valence-corrected chi connectivity index (χ3v) is 3.84. The van der Waals surface area contributed by atoms with E-state index in [1.165, 1.54) is 6.26 Å². The highest BCUT2D eigenvalue weighted by molar-refractivity contribution is 7.86. The molecule has 1 rings (SSSR count). The van der Waals surface area contributed by atoms with Gasteiger partial charge in [0.2, 0.25) is 4.34 Å². The lowest BCUT2D eigenvalue weighted by Gasteiger charge is -1.87. The summed E-state index contributed by atoms with van der Waals surface area (Å²) in [6, 6.07) is 0. The van der Waals surface area contributed by atoms with Crippen LogP contribution in [0.5, 0.6) is 0 Å². The van der Waals surface area contributed by atoms with Crippen LogP contribution in [0.3, 0.4) is 0 Å². The first kappa shape index (κ1) is 9.38. The van der Waals surface area contributed by atoms with E-state index in [0.29, 0.717) is 9.35 Å². The maximum absolute atomic E-state index is 10.8.